The van der Waals surface area contributed by atoms with Crippen LogP contribution in [-0.4, -0.2) is 24.8 Å². The van der Waals surface area contributed by atoms with Gasteiger partial charge in [-0.15, -0.1) is 0 Å². The van der Waals surface area contributed by atoms with E-state index in [1.165, 1.54) is 6.21 Å². The lowest BCUT2D eigenvalue weighted by molar-refractivity contribution is -0.130. The van der Waals surface area contributed by atoms with Crippen LogP contribution in [0.4, 0.5) is 0 Å². The van der Waals surface area contributed by atoms with E-state index >= 15 is 0 Å². The maximum atomic E-state index is 12.0. The number of nitrogens with zero attached hydrogens (tertiary/aromatic N) is 1. The second-order valence-corrected chi connectivity index (χ2v) is 5.09. The third-order valence-electron chi connectivity index (χ3n) is 3.04. The summed E-state index contributed by atoms with van der Waals surface area (Å²) in [5.41, 5.74) is 3.22. The predicted molar refractivity (Wildman–Crippen MR) is 83.5 cm³/mol. The van der Waals surface area contributed by atoms with Crippen molar-refractivity contribution < 1.29 is 14.3 Å². The topological polar surface area (TPSA) is 59.9 Å². The third-order valence-corrected chi connectivity index (χ3v) is 3.27. The van der Waals surface area contributed by atoms with Crippen molar-refractivity contribution in [3.05, 3.63) is 59.1 Å². The third kappa shape index (κ3) is 3.38. The molecule has 0 saturated carbocycles. The number of para-hydroxylation sites is 2. The minimum atomic E-state index is -0.730. The van der Waals surface area contributed by atoms with E-state index in [1.807, 2.05) is 18.2 Å². The van der Waals surface area contributed by atoms with Crippen LogP contribution in [0.25, 0.3) is 0 Å². The maximum Gasteiger partial charge on any atom is 0.284 e. The molecule has 5 nitrogen and oxygen atoms in total. The minimum absolute atomic E-state index is 0.148. The number of amides is 1. The molecule has 1 unspecified atom stereocenters. The molecule has 1 N–H and O–H groups in total. The maximum absolute atomic E-state index is 12.0. The molecular weight excluding hydrogens is 304 g/mol. The lowest BCUT2D eigenvalue weighted by atomic mass is 10.2. The summed E-state index contributed by atoms with van der Waals surface area (Å²) in [5.74, 6) is 0.814. The molecule has 1 atom stereocenters. The monoisotopic (exact) mass is 316 g/mol. The van der Waals surface area contributed by atoms with Gasteiger partial charge in [0.25, 0.3) is 5.91 Å². The van der Waals surface area contributed by atoms with E-state index in [4.69, 9.17) is 21.1 Å². The zero-order valence-electron chi connectivity index (χ0n) is 11.5. The Bertz CT molecular complexity index is 718. The molecule has 1 aliphatic heterocycles. The molecule has 0 bridgehead atoms. The summed E-state index contributed by atoms with van der Waals surface area (Å²) in [6, 6.07) is 14.4. The molecule has 2 aromatic carbocycles. The van der Waals surface area contributed by atoms with Crippen molar-refractivity contribution in [3.63, 3.8) is 0 Å². The van der Waals surface area contributed by atoms with E-state index in [0.29, 0.717) is 16.5 Å². The van der Waals surface area contributed by atoms with Crippen molar-refractivity contribution >= 4 is 23.7 Å². The number of hydrogen-bond acceptors (Lipinski definition) is 4. The van der Waals surface area contributed by atoms with Crippen molar-refractivity contribution in [1.82, 2.24) is 5.43 Å². The molecule has 0 saturated heterocycles. The molecule has 1 amide bonds. The number of fused-ring (bicyclic) bond motifs is 1. The van der Waals surface area contributed by atoms with Gasteiger partial charge in [-0.25, -0.2) is 5.43 Å². The van der Waals surface area contributed by atoms with Crippen LogP contribution >= 0.6 is 11.6 Å². The van der Waals surface area contributed by atoms with E-state index in [1.54, 1.807) is 30.3 Å². The Balaban J connectivity index is 1.59. The van der Waals surface area contributed by atoms with Crippen LogP contribution in [0.2, 0.25) is 5.02 Å². The quantitative estimate of drug-likeness (QED) is 0.699. The van der Waals surface area contributed by atoms with Crippen molar-refractivity contribution in [2.45, 2.75) is 6.10 Å². The fourth-order valence-corrected chi connectivity index (χ4v) is 2.18. The normalized spacial score (nSPS) is 16.5. The highest BCUT2D eigenvalue weighted by Crippen LogP contribution is 2.30. The van der Waals surface area contributed by atoms with Gasteiger partial charge in [0.2, 0.25) is 6.10 Å². The van der Waals surface area contributed by atoms with Crippen LogP contribution < -0.4 is 14.9 Å². The molecule has 1 aliphatic rings. The fraction of sp³-hybridized carbons (Fsp3) is 0.125. The number of halogens is 1. The van der Waals surface area contributed by atoms with E-state index < -0.39 is 6.10 Å². The second kappa shape index (κ2) is 6.49. The van der Waals surface area contributed by atoms with Gasteiger partial charge in [-0.3, -0.25) is 4.79 Å². The summed E-state index contributed by atoms with van der Waals surface area (Å²) in [5, 5.41) is 4.50. The Morgan fingerprint density at radius 1 is 1.23 bits per heavy atom. The van der Waals surface area contributed by atoms with Crippen LogP contribution in [0.3, 0.4) is 0 Å². The number of carbonyl (C=O) groups excluding carboxylic acids is 1. The van der Waals surface area contributed by atoms with E-state index in [9.17, 15) is 4.79 Å². The smallest absolute Gasteiger partial charge is 0.284 e. The Hall–Kier alpha value is -2.53. The number of hydrogen-bond donors (Lipinski definition) is 1. The predicted octanol–water partition coefficient (Wildman–Crippen LogP) is 2.63. The summed E-state index contributed by atoms with van der Waals surface area (Å²) >= 11 is 5.87. The van der Waals surface area contributed by atoms with Gasteiger partial charge in [-0.2, -0.15) is 5.10 Å². The molecule has 0 fully saturated rings. The lowest BCUT2D eigenvalue weighted by Crippen LogP contribution is -2.42. The van der Waals surface area contributed by atoms with Gasteiger partial charge in [0.15, 0.2) is 11.5 Å². The average molecular weight is 317 g/mol. The van der Waals surface area contributed by atoms with Crippen molar-refractivity contribution in [2.75, 3.05) is 6.61 Å². The van der Waals surface area contributed by atoms with Crippen molar-refractivity contribution in [2.24, 2.45) is 5.10 Å². The Morgan fingerprint density at radius 3 is 2.86 bits per heavy atom. The van der Waals surface area contributed by atoms with Crippen LogP contribution in [0.1, 0.15) is 5.56 Å². The van der Waals surface area contributed by atoms with E-state index in [2.05, 4.69) is 10.5 Å². The molecule has 112 valence electrons. The highest BCUT2D eigenvalue weighted by Gasteiger charge is 2.26. The zero-order chi connectivity index (χ0) is 15.4. The largest absolute Gasteiger partial charge is 0.485 e. The first kappa shape index (κ1) is 14.4. The number of benzene rings is 2. The van der Waals surface area contributed by atoms with Gasteiger partial charge in [-0.1, -0.05) is 35.9 Å². The van der Waals surface area contributed by atoms with E-state index in [-0.39, 0.29) is 12.5 Å². The highest BCUT2D eigenvalue weighted by atomic mass is 35.5. The Labute approximate surface area is 132 Å². The molecule has 22 heavy (non-hydrogen) atoms. The van der Waals surface area contributed by atoms with Crippen LogP contribution in [0, 0.1) is 0 Å². The van der Waals surface area contributed by atoms with Gasteiger partial charge in [0.1, 0.15) is 6.61 Å². The Morgan fingerprint density at radius 2 is 2.05 bits per heavy atom. The van der Waals surface area contributed by atoms with Gasteiger partial charge in [-0.05, 0) is 29.8 Å². The molecule has 0 aromatic heterocycles. The lowest BCUT2D eigenvalue weighted by Gasteiger charge is -2.24. The first-order valence-corrected chi connectivity index (χ1v) is 7.07. The summed E-state index contributed by atoms with van der Waals surface area (Å²) in [6.45, 7) is 0.148. The number of hydrazone groups is 1. The first-order chi connectivity index (χ1) is 10.7. The summed E-state index contributed by atoms with van der Waals surface area (Å²) in [4.78, 5) is 12.0. The second-order valence-electron chi connectivity index (χ2n) is 4.65. The minimum Gasteiger partial charge on any atom is -0.485 e. The SMILES string of the molecule is O=C(N/N=C/c1cccc(Cl)c1)C1COc2ccccc2O1. The summed E-state index contributed by atoms with van der Waals surface area (Å²) < 4.78 is 11.1. The van der Waals surface area contributed by atoms with Crippen LogP contribution in [-0.2, 0) is 4.79 Å². The van der Waals surface area contributed by atoms with Gasteiger partial charge >= 0.3 is 0 Å². The molecule has 6 heteroatoms. The van der Waals surface area contributed by atoms with Gasteiger partial charge in [0, 0.05) is 5.02 Å². The number of carbonyl (C=O) groups is 1. The van der Waals surface area contributed by atoms with Crippen molar-refractivity contribution in [1.29, 1.82) is 0 Å². The Kier molecular flexibility index (Phi) is 4.25. The first-order valence-electron chi connectivity index (χ1n) is 6.69. The average Bonchev–Trinajstić information content (AvgIpc) is 2.54. The highest BCUT2D eigenvalue weighted by molar-refractivity contribution is 6.30. The molecule has 0 spiro atoms. The molecule has 0 aliphatic carbocycles. The molecule has 1 heterocycles. The molecule has 0 radical (unpaired) electrons. The number of rotatable bonds is 3. The fourth-order valence-electron chi connectivity index (χ4n) is 1.98. The van der Waals surface area contributed by atoms with Gasteiger partial charge in [0.05, 0.1) is 6.21 Å². The number of nitrogens with one attached hydrogen (secondary N) is 1. The van der Waals surface area contributed by atoms with E-state index in [0.717, 1.165) is 5.56 Å². The standard InChI is InChI=1S/C16H13ClN2O3/c17-12-5-3-4-11(8-12)9-18-19-16(20)15-10-21-13-6-1-2-7-14(13)22-15/h1-9,15H,10H2,(H,19,20)/b18-9+. The van der Waals surface area contributed by atoms with Crippen LogP contribution in [0.15, 0.2) is 53.6 Å². The molecule has 2 aromatic rings. The van der Waals surface area contributed by atoms with Crippen LogP contribution in [0.5, 0.6) is 11.5 Å². The zero-order valence-corrected chi connectivity index (χ0v) is 12.3. The van der Waals surface area contributed by atoms with Crippen molar-refractivity contribution in [3.8, 4) is 11.5 Å². The van der Waals surface area contributed by atoms with Gasteiger partial charge < -0.3 is 9.47 Å². The summed E-state index contributed by atoms with van der Waals surface area (Å²) in [6.07, 6.45) is 0.785. The molecular formula is C16H13ClN2O3. The summed E-state index contributed by atoms with van der Waals surface area (Å²) in [7, 11) is 0. The molecule has 3 rings (SSSR count). The number of ether oxygens (including phenoxy) is 2.